The molecule has 0 aromatic heterocycles. The van der Waals surface area contributed by atoms with Gasteiger partial charge in [0.1, 0.15) is 0 Å². The van der Waals surface area contributed by atoms with Gasteiger partial charge in [0.25, 0.3) is 0 Å². The number of benzene rings is 6. The van der Waals surface area contributed by atoms with Crippen molar-refractivity contribution in [2.24, 2.45) is 0 Å². The fourth-order valence-electron chi connectivity index (χ4n) is 8.10. The van der Waals surface area contributed by atoms with Gasteiger partial charge in [0, 0.05) is 10.0 Å². The summed E-state index contributed by atoms with van der Waals surface area (Å²) >= 11 is 12.9. The van der Waals surface area contributed by atoms with E-state index in [1.54, 1.807) is 0 Å². The van der Waals surface area contributed by atoms with Crippen molar-refractivity contribution in [2.45, 2.75) is 17.5 Å². The van der Waals surface area contributed by atoms with Gasteiger partial charge in [-0.2, -0.15) is 0 Å². The van der Waals surface area contributed by atoms with Crippen LogP contribution in [0.4, 0.5) is 0 Å². The maximum Gasteiger partial charge on any atom is 0.0758 e. The summed E-state index contributed by atoms with van der Waals surface area (Å²) in [4.78, 5) is 0. The highest BCUT2D eigenvalue weighted by Crippen LogP contribution is 2.64. The van der Waals surface area contributed by atoms with Gasteiger partial charge in [0.15, 0.2) is 0 Å². The Balaban J connectivity index is 1.47. The molecular formula is C43H32Cl2N4. The van der Waals surface area contributed by atoms with Gasteiger partial charge in [0.05, 0.1) is 28.9 Å². The molecule has 0 saturated heterocycles. The van der Waals surface area contributed by atoms with Gasteiger partial charge in [-0.1, -0.05) is 157 Å². The molecule has 9 rings (SSSR count). The van der Waals surface area contributed by atoms with Crippen LogP contribution in [0.3, 0.4) is 0 Å². The van der Waals surface area contributed by atoms with Crippen LogP contribution in [0.1, 0.15) is 45.5 Å². The molecule has 6 heteroatoms. The Morgan fingerprint density at radius 2 is 0.776 bits per heavy atom. The number of rotatable bonds is 6. The number of fused-ring (bicyclic) bond motifs is 3. The summed E-state index contributed by atoms with van der Waals surface area (Å²) in [6.45, 7) is 0. The van der Waals surface area contributed by atoms with E-state index in [4.69, 9.17) is 23.2 Å². The lowest BCUT2D eigenvalue weighted by molar-refractivity contribution is 0.521. The van der Waals surface area contributed by atoms with Crippen LogP contribution in [0.15, 0.2) is 169 Å². The lowest BCUT2D eigenvalue weighted by Crippen LogP contribution is -2.38. The number of halogens is 2. The van der Waals surface area contributed by atoms with Gasteiger partial charge >= 0.3 is 0 Å². The Kier molecular flexibility index (Phi) is 7.41. The van der Waals surface area contributed by atoms with Crippen LogP contribution in [0.25, 0.3) is 22.5 Å². The minimum Gasteiger partial charge on any atom is -0.320 e. The van der Waals surface area contributed by atoms with E-state index in [1.807, 2.05) is 24.3 Å². The summed E-state index contributed by atoms with van der Waals surface area (Å²) in [6.07, 6.45) is 0. The predicted molar refractivity (Wildman–Crippen MR) is 200 cm³/mol. The SMILES string of the molecule is Clc1ccc(C2NNC(c3ccccc3)=C2C2(C3=C(c4ccccc4)NNC3c3ccc(Cl)cc3)c3ccccc3-c3ccccc32)cc1. The van der Waals surface area contributed by atoms with Gasteiger partial charge in [0.2, 0.25) is 0 Å². The molecule has 0 spiro atoms. The minimum absolute atomic E-state index is 0.206. The summed E-state index contributed by atoms with van der Waals surface area (Å²) in [7, 11) is 0. The van der Waals surface area contributed by atoms with E-state index < -0.39 is 5.41 Å². The number of nitrogens with one attached hydrogen (secondary N) is 4. The molecule has 0 fully saturated rings. The maximum absolute atomic E-state index is 6.47. The Bertz CT molecular complexity index is 2080. The molecule has 1 aliphatic carbocycles. The standard InChI is InChI=1S/C43H32Cl2N4/c44-31-23-19-29(20-24-31)41-37(39(46-48-41)27-11-3-1-4-12-27)43(35-17-9-7-15-33(35)34-16-8-10-18-36(34)43)38-40(28-13-5-2-6-14-28)47-49-42(38)30-21-25-32(45)26-22-30/h1-26,41-42,46-49H. The Labute approximate surface area is 296 Å². The highest BCUT2D eigenvalue weighted by atomic mass is 35.5. The second-order valence-electron chi connectivity index (χ2n) is 12.7. The molecule has 0 radical (unpaired) electrons. The maximum atomic E-state index is 6.47. The third kappa shape index (κ3) is 4.75. The zero-order chi connectivity index (χ0) is 33.0. The van der Waals surface area contributed by atoms with E-state index >= 15 is 0 Å². The lowest BCUT2D eigenvalue weighted by atomic mass is 9.60. The third-order valence-electron chi connectivity index (χ3n) is 10.1. The summed E-state index contributed by atoms with van der Waals surface area (Å²) in [5.41, 5.74) is 28.0. The molecule has 0 saturated carbocycles. The zero-order valence-corrected chi connectivity index (χ0v) is 27.9. The van der Waals surface area contributed by atoms with Gasteiger partial charge < -0.3 is 10.9 Å². The molecule has 4 N–H and O–H groups in total. The fourth-order valence-corrected chi connectivity index (χ4v) is 8.35. The first kappa shape index (κ1) is 30.0. The van der Waals surface area contributed by atoms with Crippen LogP contribution < -0.4 is 21.7 Å². The molecule has 0 amide bonds. The van der Waals surface area contributed by atoms with Crippen molar-refractivity contribution < 1.29 is 0 Å². The normalized spacial score (nSPS) is 19.0. The van der Waals surface area contributed by atoms with Gasteiger partial charge in [-0.25, -0.2) is 10.9 Å². The van der Waals surface area contributed by atoms with Crippen LogP contribution in [-0.4, -0.2) is 0 Å². The van der Waals surface area contributed by atoms with Gasteiger partial charge in [-0.15, -0.1) is 0 Å². The highest BCUT2D eigenvalue weighted by Gasteiger charge is 2.57. The smallest absolute Gasteiger partial charge is 0.0758 e. The van der Waals surface area contributed by atoms with E-state index in [0.29, 0.717) is 10.0 Å². The van der Waals surface area contributed by atoms with E-state index in [2.05, 4.69) is 155 Å². The van der Waals surface area contributed by atoms with Gasteiger partial charge in [-0.3, -0.25) is 0 Å². The van der Waals surface area contributed by atoms with Crippen LogP contribution in [0.2, 0.25) is 10.0 Å². The van der Waals surface area contributed by atoms with Crippen LogP contribution in [0, 0.1) is 0 Å². The van der Waals surface area contributed by atoms with E-state index in [1.165, 1.54) is 33.4 Å². The van der Waals surface area contributed by atoms with Crippen molar-refractivity contribution in [1.29, 1.82) is 0 Å². The van der Waals surface area contributed by atoms with Crippen molar-refractivity contribution in [3.05, 3.63) is 212 Å². The second kappa shape index (κ2) is 12.1. The minimum atomic E-state index is -0.745. The summed E-state index contributed by atoms with van der Waals surface area (Å²) < 4.78 is 0. The molecule has 0 bridgehead atoms. The fraction of sp³-hybridized carbons (Fsp3) is 0.0698. The van der Waals surface area contributed by atoms with Crippen LogP contribution >= 0.6 is 23.2 Å². The van der Waals surface area contributed by atoms with Crippen molar-refractivity contribution in [3.63, 3.8) is 0 Å². The molecular weight excluding hydrogens is 643 g/mol. The Morgan fingerprint density at radius 3 is 1.18 bits per heavy atom. The van der Waals surface area contributed by atoms with Crippen LogP contribution in [0.5, 0.6) is 0 Å². The number of hydrogen-bond donors (Lipinski definition) is 4. The lowest BCUT2D eigenvalue weighted by Gasteiger charge is -2.41. The van der Waals surface area contributed by atoms with Crippen LogP contribution in [-0.2, 0) is 5.41 Å². The Hall–Kier alpha value is -5.10. The molecule has 2 aliphatic heterocycles. The molecule has 2 atom stereocenters. The largest absolute Gasteiger partial charge is 0.320 e. The van der Waals surface area contributed by atoms with Crippen molar-refractivity contribution in [3.8, 4) is 11.1 Å². The molecule has 49 heavy (non-hydrogen) atoms. The van der Waals surface area contributed by atoms with Crippen molar-refractivity contribution in [1.82, 2.24) is 21.7 Å². The van der Waals surface area contributed by atoms with Crippen molar-refractivity contribution in [2.75, 3.05) is 0 Å². The monoisotopic (exact) mass is 674 g/mol. The Morgan fingerprint density at radius 1 is 0.408 bits per heavy atom. The summed E-state index contributed by atoms with van der Waals surface area (Å²) in [5.74, 6) is 0. The third-order valence-corrected chi connectivity index (χ3v) is 10.6. The number of hydrazine groups is 2. The average Bonchev–Trinajstić information content (AvgIpc) is 3.87. The zero-order valence-electron chi connectivity index (χ0n) is 26.4. The highest BCUT2D eigenvalue weighted by molar-refractivity contribution is 6.30. The molecule has 2 heterocycles. The summed E-state index contributed by atoms with van der Waals surface area (Å²) in [5, 5.41) is 1.41. The first-order valence-corrected chi connectivity index (χ1v) is 17.2. The second-order valence-corrected chi connectivity index (χ2v) is 13.5. The molecule has 6 aromatic rings. The quantitative estimate of drug-likeness (QED) is 0.142. The summed E-state index contributed by atoms with van der Waals surface area (Å²) in [6, 6.07) is 55.1. The molecule has 6 aromatic carbocycles. The predicted octanol–water partition coefficient (Wildman–Crippen LogP) is 9.78. The van der Waals surface area contributed by atoms with E-state index in [9.17, 15) is 0 Å². The molecule has 2 unspecified atom stereocenters. The van der Waals surface area contributed by atoms with Crippen molar-refractivity contribution >= 4 is 34.6 Å². The first-order valence-electron chi connectivity index (χ1n) is 16.5. The average molecular weight is 676 g/mol. The first-order chi connectivity index (χ1) is 24.1. The van der Waals surface area contributed by atoms with E-state index in [-0.39, 0.29) is 12.1 Å². The number of hydrogen-bond acceptors (Lipinski definition) is 4. The van der Waals surface area contributed by atoms with E-state index in [0.717, 1.165) is 33.6 Å². The topological polar surface area (TPSA) is 48.1 Å². The molecule has 4 nitrogen and oxygen atoms in total. The molecule has 3 aliphatic rings. The van der Waals surface area contributed by atoms with Gasteiger partial charge in [-0.05, 0) is 79.9 Å². The molecule has 238 valence electrons.